The van der Waals surface area contributed by atoms with E-state index in [4.69, 9.17) is 5.73 Å². The molecule has 0 aliphatic carbocycles. The molecule has 4 N–H and O–H groups in total. The molecule has 96 valence electrons. The molecule has 0 saturated heterocycles. The van der Waals surface area contributed by atoms with Crippen molar-refractivity contribution in [2.45, 2.75) is 6.42 Å². The van der Waals surface area contributed by atoms with E-state index in [1.54, 1.807) is 0 Å². The van der Waals surface area contributed by atoms with Crippen molar-refractivity contribution in [3.63, 3.8) is 0 Å². The number of anilines is 4. The van der Waals surface area contributed by atoms with Crippen molar-refractivity contribution in [1.82, 2.24) is 0 Å². The lowest BCUT2D eigenvalue weighted by Gasteiger charge is -2.11. The average molecular weight is 365 g/mol. The number of halogens is 1. The van der Waals surface area contributed by atoms with Crippen molar-refractivity contribution in [1.29, 1.82) is 0 Å². The molecule has 1 aliphatic rings. The maximum Gasteiger partial charge on any atom is 0.228 e. The van der Waals surface area contributed by atoms with Crippen molar-refractivity contribution in [2.24, 2.45) is 0 Å². The first-order valence-corrected chi connectivity index (χ1v) is 6.94. The number of nitrogens with two attached hydrogens (primary N) is 1. The molecule has 0 spiro atoms. The minimum atomic E-state index is 0.0146. The molecule has 0 fully saturated rings. The van der Waals surface area contributed by atoms with Crippen LogP contribution in [0.5, 0.6) is 0 Å². The van der Waals surface area contributed by atoms with E-state index >= 15 is 0 Å². The molecule has 0 atom stereocenters. The van der Waals surface area contributed by atoms with E-state index in [1.807, 2.05) is 36.4 Å². The summed E-state index contributed by atoms with van der Waals surface area (Å²) >= 11 is 2.26. The molecule has 5 heteroatoms. The number of carbonyl (C=O) groups excluding carboxylic acids is 1. The Balaban J connectivity index is 1.94. The normalized spacial score (nSPS) is 13.0. The first kappa shape index (κ1) is 12.3. The number of hydrogen-bond donors (Lipinski definition) is 3. The second-order valence-electron chi connectivity index (χ2n) is 4.46. The zero-order valence-electron chi connectivity index (χ0n) is 10.0. The lowest BCUT2D eigenvalue weighted by Crippen LogP contribution is -2.03. The Bertz CT molecular complexity index is 670. The van der Waals surface area contributed by atoms with Gasteiger partial charge in [0, 0.05) is 14.9 Å². The Morgan fingerprint density at radius 2 is 2.11 bits per heavy atom. The van der Waals surface area contributed by atoms with Crippen LogP contribution in [0.25, 0.3) is 0 Å². The smallest absolute Gasteiger partial charge is 0.228 e. The summed E-state index contributed by atoms with van der Waals surface area (Å²) in [6.07, 6.45) is 0.406. The van der Waals surface area contributed by atoms with E-state index in [0.29, 0.717) is 12.1 Å². The Labute approximate surface area is 124 Å². The van der Waals surface area contributed by atoms with Gasteiger partial charge < -0.3 is 16.4 Å². The van der Waals surface area contributed by atoms with E-state index in [9.17, 15) is 4.79 Å². The van der Waals surface area contributed by atoms with Gasteiger partial charge in [-0.05, 0) is 58.5 Å². The van der Waals surface area contributed by atoms with Crippen LogP contribution in [-0.4, -0.2) is 5.91 Å². The van der Waals surface area contributed by atoms with Crippen molar-refractivity contribution < 1.29 is 4.79 Å². The zero-order chi connectivity index (χ0) is 13.4. The Kier molecular flexibility index (Phi) is 3.06. The highest BCUT2D eigenvalue weighted by molar-refractivity contribution is 14.1. The van der Waals surface area contributed by atoms with Gasteiger partial charge in [0.2, 0.25) is 5.91 Å². The summed E-state index contributed by atoms with van der Waals surface area (Å²) < 4.78 is 1.15. The molecule has 1 amide bonds. The van der Waals surface area contributed by atoms with E-state index in [0.717, 1.165) is 26.2 Å². The lowest BCUT2D eigenvalue weighted by molar-refractivity contribution is -0.115. The van der Waals surface area contributed by atoms with Gasteiger partial charge in [0.1, 0.15) is 0 Å². The third-order valence-electron chi connectivity index (χ3n) is 3.00. The number of rotatable bonds is 2. The molecule has 0 saturated carbocycles. The predicted octanol–water partition coefficient (Wildman–Crippen LogP) is 3.11. The van der Waals surface area contributed by atoms with Crippen molar-refractivity contribution in [3.05, 3.63) is 45.5 Å². The Morgan fingerprint density at radius 3 is 2.89 bits per heavy atom. The average Bonchev–Trinajstić information content (AvgIpc) is 2.69. The minimum Gasteiger partial charge on any atom is -0.397 e. The summed E-state index contributed by atoms with van der Waals surface area (Å²) in [4.78, 5) is 11.4. The van der Waals surface area contributed by atoms with E-state index in [-0.39, 0.29) is 5.91 Å². The van der Waals surface area contributed by atoms with Crippen LogP contribution in [0.15, 0.2) is 36.4 Å². The summed E-state index contributed by atoms with van der Waals surface area (Å²) in [5.41, 5.74) is 10.2. The van der Waals surface area contributed by atoms with Crippen LogP contribution in [0.1, 0.15) is 5.56 Å². The largest absolute Gasteiger partial charge is 0.397 e. The van der Waals surface area contributed by atoms with E-state index < -0.39 is 0 Å². The number of carbonyl (C=O) groups is 1. The first-order chi connectivity index (χ1) is 9.11. The fraction of sp³-hybridized carbons (Fsp3) is 0.0714. The third-order valence-corrected chi connectivity index (χ3v) is 3.68. The van der Waals surface area contributed by atoms with Crippen molar-refractivity contribution >= 4 is 51.2 Å². The van der Waals surface area contributed by atoms with Crippen LogP contribution in [0.2, 0.25) is 0 Å². The first-order valence-electron chi connectivity index (χ1n) is 5.86. The third kappa shape index (κ3) is 2.51. The quantitative estimate of drug-likeness (QED) is 0.566. The molecule has 4 nitrogen and oxygen atoms in total. The van der Waals surface area contributed by atoms with E-state index in [1.165, 1.54) is 0 Å². The summed E-state index contributed by atoms with van der Waals surface area (Å²) in [5.74, 6) is 0.0146. The van der Waals surface area contributed by atoms with Crippen LogP contribution in [0.4, 0.5) is 22.7 Å². The zero-order valence-corrected chi connectivity index (χ0v) is 12.2. The summed E-state index contributed by atoms with van der Waals surface area (Å²) in [6.45, 7) is 0. The van der Waals surface area contributed by atoms with Crippen LogP contribution in [0.3, 0.4) is 0 Å². The molecule has 1 heterocycles. The molecule has 0 unspecified atom stereocenters. The van der Waals surface area contributed by atoms with E-state index in [2.05, 4.69) is 33.2 Å². The summed E-state index contributed by atoms with van der Waals surface area (Å²) in [5, 5.41) is 6.10. The second kappa shape index (κ2) is 4.73. The SMILES string of the molecule is Nc1cc2c(cc1Nc1cccc(I)c1)NC(=O)C2. The number of nitrogens with one attached hydrogen (secondary N) is 2. The Morgan fingerprint density at radius 1 is 1.26 bits per heavy atom. The van der Waals surface area contributed by atoms with Gasteiger partial charge in [-0.2, -0.15) is 0 Å². The standard InChI is InChI=1S/C14H12IN3O/c15-9-2-1-3-10(6-9)17-13-7-12-8(4-11(13)16)5-14(19)18-12/h1-4,6-7,17H,5,16H2,(H,18,19). The van der Waals surface area contributed by atoms with Crippen LogP contribution in [-0.2, 0) is 11.2 Å². The summed E-state index contributed by atoms with van der Waals surface area (Å²) in [6, 6.07) is 11.8. The summed E-state index contributed by atoms with van der Waals surface area (Å²) in [7, 11) is 0. The number of benzene rings is 2. The Hall–Kier alpha value is -1.76. The highest BCUT2D eigenvalue weighted by Crippen LogP contribution is 2.33. The fourth-order valence-corrected chi connectivity index (χ4v) is 2.67. The van der Waals surface area contributed by atoms with Crippen LogP contribution >= 0.6 is 22.6 Å². The highest BCUT2D eigenvalue weighted by atomic mass is 127. The fourth-order valence-electron chi connectivity index (χ4n) is 2.12. The van der Waals surface area contributed by atoms with Crippen molar-refractivity contribution in [2.75, 3.05) is 16.4 Å². The topological polar surface area (TPSA) is 67.2 Å². The predicted molar refractivity (Wildman–Crippen MR) is 85.6 cm³/mol. The van der Waals surface area contributed by atoms with Crippen LogP contribution < -0.4 is 16.4 Å². The molecule has 19 heavy (non-hydrogen) atoms. The molecule has 0 aromatic heterocycles. The van der Waals surface area contributed by atoms with Gasteiger partial charge in [0.25, 0.3) is 0 Å². The van der Waals surface area contributed by atoms with Gasteiger partial charge in [-0.3, -0.25) is 4.79 Å². The van der Waals surface area contributed by atoms with Gasteiger partial charge in [0.15, 0.2) is 0 Å². The molecule has 1 aliphatic heterocycles. The van der Waals surface area contributed by atoms with Crippen LogP contribution in [0, 0.1) is 3.57 Å². The molecular formula is C14H12IN3O. The maximum atomic E-state index is 11.4. The lowest BCUT2D eigenvalue weighted by atomic mass is 10.1. The monoisotopic (exact) mass is 365 g/mol. The minimum absolute atomic E-state index is 0.0146. The van der Waals surface area contributed by atoms with Gasteiger partial charge in [-0.25, -0.2) is 0 Å². The maximum absolute atomic E-state index is 11.4. The number of hydrogen-bond acceptors (Lipinski definition) is 3. The van der Waals surface area contributed by atoms with Gasteiger partial charge in [-0.15, -0.1) is 0 Å². The molecule has 2 aromatic rings. The molecule has 0 radical (unpaired) electrons. The van der Waals surface area contributed by atoms with Gasteiger partial charge >= 0.3 is 0 Å². The molecular weight excluding hydrogens is 353 g/mol. The van der Waals surface area contributed by atoms with Gasteiger partial charge in [0.05, 0.1) is 17.8 Å². The molecule has 0 bridgehead atoms. The number of amides is 1. The highest BCUT2D eigenvalue weighted by Gasteiger charge is 2.19. The molecule has 3 rings (SSSR count). The van der Waals surface area contributed by atoms with Gasteiger partial charge in [-0.1, -0.05) is 6.07 Å². The second-order valence-corrected chi connectivity index (χ2v) is 5.70. The number of fused-ring (bicyclic) bond motifs is 1. The number of nitrogen functional groups attached to an aromatic ring is 1. The molecule has 2 aromatic carbocycles. The van der Waals surface area contributed by atoms with Crippen molar-refractivity contribution in [3.8, 4) is 0 Å².